The number of rotatable bonds is 4. The summed E-state index contributed by atoms with van der Waals surface area (Å²) >= 11 is 0. The van der Waals surface area contributed by atoms with Crippen molar-refractivity contribution < 1.29 is 14.0 Å². The van der Waals surface area contributed by atoms with Gasteiger partial charge < -0.3 is 14.6 Å². The largest absolute Gasteiger partial charge is 0.444 e. The molecule has 1 aliphatic rings. The molecule has 6 heteroatoms. The Morgan fingerprint density at radius 3 is 2.65 bits per heavy atom. The second-order valence-corrected chi connectivity index (χ2v) is 5.40. The smallest absolute Gasteiger partial charge is 0.249 e. The molecule has 1 fully saturated rings. The summed E-state index contributed by atoms with van der Waals surface area (Å²) in [5.41, 5.74) is -0.843. The van der Waals surface area contributed by atoms with Gasteiger partial charge in [0.25, 0.3) is 0 Å². The zero-order chi connectivity index (χ0) is 14.9. The van der Waals surface area contributed by atoms with Gasteiger partial charge in [0.05, 0.1) is 12.7 Å². The van der Waals surface area contributed by atoms with Crippen molar-refractivity contribution in [1.82, 2.24) is 15.2 Å². The van der Waals surface area contributed by atoms with E-state index in [4.69, 9.17) is 4.42 Å². The molecule has 2 amide bonds. The molecule has 0 spiro atoms. The summed E-state index contributed by atoms with van der Waals surface area (Å²) in [6.45, 7) is 7.56. The van der Waals surface area contributed by atoms with Crippen LogP contribution in [0.15, 0.2) is 10.6 Å². The highest BCUT2D eigenvalue weighted by Crippen LogP contribution is 2.24. The molecule has 1 aromatic rings. The van der Waals surface area contributed by atoms with Gasteiger partial charge >= 0.3 is 0 Å². The molecular weight excluding hydrogens is 258 g/mol. The number of carbonyl (C=O) groups is 2. The molecular formula is C14H21N3O3. The summed E-state index contributed by atoms with van der Waals surface area (Å²) in [6.07, 6.45) is 2.73. The highest BCUT2D eigenvalue weighted by atomic mass is 16.4. The van der Waals surface area contributed by atoms with Crippen molar-refractivity contribution in [2.24, 2.45) is 0 Å². The van der Waals surface area contributed by atoms with E-state index in [-0.39, 0.29) is 18.4 Å². The first-order valence-electron chi connectivity index (χ1n) is 6.95. The summed E-state index contributed by atoms with van der Waals surface area (Å²) in [5.74, 6) is 0.963. The van der Waals surface area contributed by atoms with Crippen LogP contribution >= 0.6 is 0 Å². The molecule has 1 saturated heterocycles. The third kappa shape index (κ3) is 2.42. The Morgan fingerprint density at radius 1 is 1.45 bits per heavy atom. The van der Waals surface area contributed by atoms with Gasteiger partial charge in [-0.15, -0.1) is 0 Å². The Kier molecular flexibility index (Phi) is 3.83. The molecule has 2 heterocycles. The zero-order valence-corrected chi connectivity index (χ0v) is 12.4. The molecule has 1 aromatic heterocycles. The molecule has 110 valence electrons. The van der Waals surface area contributed by atoms with E-state index in [0.717, 1.165) is 0 Å². The molecule has 2 rings (SSSR count). The SMILES string of the molecule is CCC1C(=O)NC(C)(CC)C(=O)N1Cc1ncc(C)o1. The fraction of sp³-hybridized carbons (Fsp3) is 0.643. The van der Waals surface area contributed by atoms with Gasteiger partial charge in [0.2, 0.25) is 17.7 Å². The topological polar surface area (TPSA) is 75.4 Å². The number of piperazine rings is 1. The van der Waals surface area contributed by atoms with Gasteiger partial charge in [-0.25, -0.2) is 4.98 Å². The van der Waals surface area contributed by atoms with Crippen LogP contribution in [0.3, 0.4) is 0 Å². The minimum absolute atomic E-state index is 0.0812. The van der Waals surface area contributed by atoms with Crippen molar-refractivity contribution in [3.05, 3.63) is 17.8 Å². The highest BCUT2D eigenvalue weighted by Gasteiger charge is 2.46. The maximum Gasteiger partial charge on any atom is 0.249 e. The monoisotopic (exact) mass is 279 g/mol. The average Bonchev–Trinajstić information content (AvgIpc) is 2.81. The van der Waals surface area contributed by atoms with Gasteiger partial charge in [-0.2, -0.15) is 0 Å². The highest BCUT2D eigenvalue weighted by molar-refractivity contribution is 5.99. The van der Waals surface area contributed by atoms with Gasteiger partial charge in [-0.3, -0.25) is 9.59 Å². The van der Waals surface area contributed by atoms with Crippen LogP contribution in [0.4, 0.5) is 0 Å². The van der Waals surface area contributed by atoms with Crippen molar-refractivity contribution in [2.45, 2.75) is 58.7 Å². The first-order valence-corrected chi connectivity index (χ1v) is 6.95. The van der Waals surface area contributed by atoms with E-state index >= 15 is 0 Å². The second kappa shape index (κ2) is 5.26. The molecule has 2 atom stereocenters. The van der Waals surface area contributed by atoms with E-state index in [0.29, 0.717) is 24.5 Å². The molecule has 0 bridgehead atoms. The number of nitrogens with one attached hydrogen (secondary N) is 1. The van der Waals surface area contributed by atoms with Crippen molar-refractivity contribution in [3.8, 4) is 0 Å². The van der Waals surface area contributed by atoms with Crippen LogP contribution in [0.1, 0.15) is 45.3 Å². The average molecular weight is 279 g/mol. The fourth-order valence-electron chi connectivity index (χ4n) is 2.46. The Morgan fingerprint density at radius 2 is 2.15 bits per heavy atom. The normalized spacial score (nSPS) is 26.8. The van der Waals surface area contributed by atoms with Crippen LogP contribution < -0.4 is 5.32 Å². The first kappa shape index (κ1) is 14.6. The summed E-state index contributed by atoms with van der Waals surface area (Å²) in [7, 11) is 0. The first-order chi connectivity index (χ1) is 9.41. The third-order valence-electron chi connectivity index (χ3n) is 3.88. The predicted molar refractivity (Wildman–Crippen MR) is 72.7 cm³/mol. The molecule has 1 N–H and O–H groups in total. The number of nitrogens with zero attached hydrogens (tertiary/aromatic N) is 2. The summed E-state index contributed by atoms with van der Waals surface area (Å²) in [6, 6.07) is -0.464. The van der Waals surface area contributed by atoms with E-state index in [1.165, 1.54) is 0 Å². The van der Waals surface area contributed by atoms with E-state index in [9.17, 15) is 9.59 Å². The maximum absolute atomic E-state index is 12.6. The standard InChI is InChI=1S/C14H21N3O3/c1-5-10-12(18)16-14(4,6-2)13(19)17(10)8-11-15-7-9(3)20-11/h7,10H,5-6,8H2,1-4H3,(H,16,18). The molecule has 0 aromatic carbocycles. The molecule has 0 radical (unpaired) electrons. The van der Waals surface area contributed by atoms with Gasteiger partial charge in [0.1, 0.15) is 17.3 Å². The number of amides is 2. The summed E-state index contributed by atoms with van der Waals surface area (Å²) in [4.78, 5) is 30.5. The zero-order valence-electron chi connectivity index (χ0n) is 12.4. The number of carbonyl (C=O) groups excluding carboxylic acids is 2. The minimum atomic E-state index is -0.843. The van der Waals surface area contributed by atoms with E-state index < -0.39 is 11.6 Å². The third-order valence-corrected chi connectivity index (χ3v) is 3.88. The van der Waals surface area contributed by atoms with E-state index in [1.54, 1.807) is 24.9 Å². The maximum atomic E-state index is 12.6. The van der Waals surface area contributed by atoms with Crippen LogP contribution in [-0.2, 0) is 16.1 Å². The summed E-state index contributed by atoms with van der Waals surface area (Å²) in [5, 5.41) is 2.83. The Labute approximate surface area is 118 Å². The van der Waals surface area contributed by atoms with E-state index in [2.05, 4.69) is 10.3 Å². The Bertz CT molecular complexity index is 525. The second-order valence-electron chi connectivity index (χ2n) is 5.40. The lowest BCUT2D eigenvalue weighted by Gasteiger charge is -2.43. The predicted octanol–water partition coefficient (Wildman–Crippen LogP) is 1.39. The van der Waals surface area contributed by atoms with Crippen molar-refractivity contribution in [1.29, 1.82) is 0 Å². The quantitative estimate of drug-likeness (QED) is 0.903. The van der Waals surface area contributed by atoms with Crippen LogP contribution in [0.5, 0.6) is 0 Å². The van der Waals surface area contributed by atoms with E-state index in [1.807, 2.05) is 13.8 Å². The lowest BCUT2D eigenvalue weighted by molar-refractivity contribution is -0.155. The number of aromatic nitrogens is 1. The Hall–Kier alpha value is -1.85. The Balaban J connectivity index is 2.29. The van der Waals surface area contributed by atoms with Crippen LogP contribution in [0.2, 0.25) is 0 Å². The molecule has 1 aliphatic heterocycles. The minimum Gasteiger partial charge on any atom is -0.444 e. The van der Waals surface area contributed by atoms with Crippen LogP contribution in [0, 0.1) is 6.92 Å². The number of hydrogen-bond donors (Lipinski definition) is 1. The van der Waals surface area contributed by atoms with Gasteiger partial charge in [0, 0.05) is 0 Å². The number of hydrogen-bond acceptors (Lipinski definition) is 4. The molecule has 6 nitrogen and oxygen atoms in total. The van der Waals surface area contributed by atoms with Gasteiger partial charge in [0.15, 0.2) is 0 Å². The van der Waals surface area contributed by atoms with Gasteiger partial charge in [-0.05, 0) is 26.7 Å². The molecule has 0 aliphatic carbocycles. The van der Waals surface area contributed by atoms with Crippen LogP contribution in [-0.4, -0.2) is 33.3 Å². The lowest BCUT2D eigenvalue weighted by Crippen LogP contribution is -2.68. The van der Waals surface area contributed by atoms with Crippen molar-refractivity contribution in [2.75, 3.05) is 0 Å². The molecule has 20 heavy (non-hydrogen) atoms. The molecule has 2 unspecified atom stereocenters. The summed E-state index contributed by atoms with van der Waals surface area (Å²) < 4.78 is 5.43. The van der Waals surface area contributed by atoms with Gasteiger partial charge in [-0.1, -0.05) is 13.8 Å². The van der Waals surface area contributed by atoms with Crippen LogP contribution in [0.25, 0.3) is 0 Å². The fourth-order valence-corrected chi connectivity index (χ4v) is 2.46. The lowest BCUT2D eigenvalue weighted by atomic mass is 9.91. The number of aryl methyl sites for hydroxylation is 1. The number of oxazole rings is 1. The van der Waals surface area contributed by atoms with Crippen molar-refractivity contribution in [3.63, 3.8) is 0 Å². The molecule has 0 saturated carbocycles. The van der Waals surface area contributed by atoms with Crippen molar-refractivity contribution >= 4 is 11.8 Å².